The van der Waals surface area contributed by atoms with E-state index < -0.39 is 6.10 Å². The van der Waals surface area contributed by atoms with Gasteiger partial charge in [-0.25, -0.2) is 0 Å². The molecule has 0 aromatic heterocycles. The number of hydrogen-bond donors (Lipinski definition) is 1. The maximum atomic E-state index is 12.1. The number of amides is 1. The minimum Gasteiger partial charge on any atom is -0.497 e. The summed E-state index contributed by atoms with van der Waals surface area (Å²) >= 11 is 3.42. The molecule has 1 amide bonds. The van der Waals surface area contributed by atoms with Crippen LogP contribution in [0.4, 0.5) is 0 Å². The molecule has 1 N–H and O–H groups in total. The molecule has 0 heterocycles. The lowest BCUT2D eigenvalue weighted by molar-refractivity contribution is -0.127. The molecule has 0 bridgehead atoms. The number of halogens is 1. The Balaban J connectivity index is 1.92. The molecule has 4 nitrogen and oxygen atoms in total. The van der Waals surface area contributed by atoms with E-state index in [-0.39, 0.29) is 5.91 Å². The zero-order valence-electron chi connectivity index (χ0n) is 11.8. The number of carbonyl (C=O) groups is 1. The van der Waals surface area contributed by atoms with Gasteiger partial charge in [0.15, 0.2) is 6.10 Å². The van der Waals surface area contributed by atoms with E-state index >= 15 is 0 Å². The second kappa shape index (κ2) is 6.97. The van der Waals surface area contributed by atoms with Gasteiger partial charge in [0.2, 0.25) is 0 Å². The Morgan fingerprint density at radius 3 is 2.70 bits per heavy atom. The summed E-state index contributed by atoms with van der Waals surface area (Å²) in [7, 11) is 1.61. The third-order valence-electron chi connectivity index (χ3n) is 3.51. The first-order valence-electron chi connectivity index (χ1n) is 6.90. The molecule has 1 saturated carbocycles. The Morgan fingerprint density at radius 1 is 1.40 bits per heavy atom. The van der Waals surface area contributed by atoms with Crippen LogP contribution in [0.25, 0.3) is 0 Å². The maximum Gasteiger partial charge on any atom is 0.260 e. The molecule has 0 saturated heterocycles. The quantitative estimate of drug-likeness (QED) is 0.893. The van der Waals surface area contributed by atoms with Crippen LogP contribution >= 0.6 is 15.9 Å². The standard InChI is InChI=1S/C15H20BrNO3/c1-10(15(18)17-11-5-3-4-6-11)20-14-8-7-12(19-2)9-13(14)16/h7-11H,3-6H2,1-2H3,(H,17,18). The molecular weight excluding hydrogens is 322 g/mol. The van der Waals surface area contributed by atoms with Gasteiger partial charge < -0.3 is 14.8 Å². The van der Waals surface area contributed by atoms with Gasteiger partial charge in [0.05, 0.1) is 11.6 Å². The summed E-state index contributed by atoms with van der Waals surface area (Å²) in [6, 6.07) is 5.73. The highest BCUT2D eigenvalue weighted by Gasteiger charge is 2.22. The number of carbonyl (C=O) groups excluding carboxylic acids is 1. The van der Waals surface area contributed by atoms with Gasteiger partial charge in [-0.3, -0.25) is 4.79 Å². The molecule has 1 aliphatic carbocycles. The maximum absolute atomic E-state index is 12.1. The Hall–Kier alpha value is -1.23. The van der Waals surface area contributed by atoms with Crippen LogP contribution in [-0.4, -0.2) is 25.2 Å². The molecule has 1 aromatic carbocycles. The van der Waals surface area contributed by atoms with E-state index in [4.69, 9.17) is 9.47 Å². The first-order valence-corrected chi connectivity index (χ1v) is 7.70. The SMILES string of the molecule is COc1ccc(OC(C)C(=O)NC2CCCC2)c(Br)c1. The fraction of sp³-hybridized carbons (Fsp3) is 0.533. The van der Waals surface area contributed by atoms with Crippen LogP contribution in [-0.2, 0) is 4.79 Å². The van der Waals surface area contributed by atoms with Crippen LogP contribution < -0.4 is 14.8 Å². The molecule has 0 aliphatic heterocycles. The molecule has 1 aliphatic rings. The molecule has 0 spiro atoms. The molecule has 20 heavy (non-hydrogen) atoms. The molecule has 1 aromatic rings. The smallest absolute Gasteiger partial charge is 0.260 e. The van der Waals surface area contributed by atoms with E-state index in [2.05, 4.69) is 21.2 Å². The Labute approximate surface area is 128 Å². The lowest BCUT2D eigenvalue weighted by Gasteiger charge is -2.18. The van der Waals surface area contributed by atoms with Gasteiger partial charge in [-0.15, -0.1) is 0 Å². The lowest BCUT2D eigenvalue weighted by Crippen LogP contribution is -2.41. The fourth-order valence-electron chi connectivity index (χ4n) is 2.34. The van der Waals surface area contributed by atoms with Crippen molar-refractivity contribution in [2.24, 2.45) is 0 Å². The van der Waals surface area contributed by atoms with E-state index in [1.807, 2.05) is 12.1 Å². The molecule has 2 rings (SSSR count). The third-order valence-corrected chi connectivity index (χ3v) is 4.13. The van der Waals surface area contributed by atoms with Crippen molar-refractivity contribution >= 4 is 21.8 Å². The van der Waals surface area contributed by atoms with Crippen molar-refractivity contribution in [2.45, 2.75) is 44.8 Å². The van der Waals surface area contributed by atoms with Crippen molar-refractivity contribution in [3.63, 3.8) is 0 Å². The first kappa shape index (κ1) is 15.2. The summed E-state index contributed by atoms with van der Waals surface area (Å²) in [5, 5.41) is 3.04. The monoisotopic (exact) mass is 341 g/mol. The molecule has 1 atom stereocenters. The van der Waals surface area contributed by atoms with Crippen molar-refractivity contribution in [1.82, 2.24) is 5.32 Å². The zero-order valence-corrected chi connectivity index (χ0v) is 13.4. The van der Waals surface area contributed by atoms with Crippen LogP contribution in [0.2, 0.25) is 0 Å². The van der Waals surface area contributed by atoms with Crippen molar-refractivity contribution in [3.05, 3.63) is 22.7 Å². The van der Waals surface area contributed by atoms with Gasteiger partial charge in [0.25, 0.3) is 5.91 Å². The van der Waals surface area contributed by atoms with E-state index in [9.17, 15) is 4.79 Å². The first-order chi connectivity index (χ1) is 9.60. The summed E-state index contributed by atoms with van der Waals surface area (Å²) in [6.45, 7) is 1.76. The average Bonchev–Trinajstić information content (AvgIpc) is 2.93. The van der Waals surface area contributed by atoms with Gasteiger partial charge >= 0.3 is 0 Å². The number of rotatable bonds is 5. The third kappa shape index (κ3) is 3.88. The predicted octanol–water partition coefficient (Wildman–Crippen LogP) is 3.28. The molecule has 1 fully saturated rings. The highest BCUT2D eigenvalue weighted by atomic mass is 79.9. The minimum absolute atomic E-state index is 0.0559. The number of methoxy groups -OCH3 is 1. The molecule has 110 valence electrons. The van der Waals surface area contributed by atoms with Gasteiger partial charge in [-0.2, -0.15) is 0 Å². The summed E-state index contributed by atoms with van der Waals surface area (Å²) in [6.07, 6.45) is 4.03. The molecule has 5 heteroatoms. The number of ether oxygens (including phenoxy) is 2. The second-order valence-corrected chi connectivity index (χ2v) is 5.90. The predicted molar refractivity (Wildman–Crippen MR) is 81.2 cm³/mol. The number of nitrogens with one attached hydrogen (secondary N) is 1. The highest BCUT2D eigenvalue weighted by Crippen LogP contribution is 2.30. The number of hydrogen-bond acceptors (Lipinski definition) is 3. The molecule has 0 radical (unpaired) electrons. The van der Waals surface area contributed by atoms with Gasteiger partial charge in [-0.05, 0) is 53.9 Å². The van der Waals surface area contributed by atoms with E-state index in [1.54, 1.807) is 20.1 Å². The van der Waals surface area contributed by atoms with Crippen LogP contribution in [0.1, 0.15) is 32.6 Å². The van der Waals surface area contributed by atoms with E-state index in [1.165, 1.54) is 12.8 Å². The van der Waals surface area contributed by atoms with Crippen molar-refractivity contribution in [1.29, 1.82) is 0 Å². The summed E-state index contributed by atoms with van der Waals surface area (Å²) in [5.74, 6) is 1.33. The van der Waals surface area contributed by atoms with Crippen LogP contribution in [0, 0.1) is 0 Å². The van der Waals surface area contributed by atoms with Gasteiger partial charge in [0, 0.05) is 6.04 Å². The van der Waals surface area contributed by atoms with Crippen LogP contribution in [0.15, 0.2) is 22.7 Å². The summed E-state index contributed by atoms with van der Waals surface area (Å²) < 4.78 is 11.6. The van der Waals surface area contributed by atoms with E-state index in [0.29, 0.717) is 11.8 Å². The summed E-state index contributed by atoms with van der Waals surface area (Å²) in [5.41, 5.74) is 0. The van der Waals surface area contributed by atoms with Gasteiger partial charge in [-0.1, -0.05) is 12.8 Å². The highest BCUT2D eigenvalue weighted by molar-refractivity contribution is 9.10. The molecular formula is C15H20BrNO3. The fourth-order valence-corrected chi connectivity index (χ4v) is 2.79. The Kier molecular flexibility index (Phi) is 5.29. The second-order valence-electron chi connectivity index (χ2n) is 5.05. The topological polar surface area (TPSA) is 47.6 Å². The normalized spacial score (nSPS) is 16.8. The largest absolute Gasteiger partial charge is 0.497 e. The van der Waals surface area contributed by atoms with Crippen LogP contribution in [0.3, 0.4) is 0 Å². The Morgan fingerprint density at radius 2 is 2.10 bits per heavy atom. The summed E-state index contributed by atoms with van der Waals surface area (Å²) in [4.78, 5) is 12.1. The van der Waals surface area contributed by atoms with Crippen LogP contribution in [0.5, 0.6) is 11.5 Å². The zero-order chi connectivity index (χ0) is 14.5. The number of benzene rings is 1. The Bertz CT molecular complexity index is 472. The lowest BCUT2D eigenvalue weighted by atomic mass is 10.2. The average molecular weight is 342 g/mol. The molecule has 1 unspecified atom stereocenters. The minimum atomic E-state index is -0.514. The van der Waals surface area contributed by atoms with Crippen molar-refractivity contribution in [2.75, 3.05) is 7.11 Å². The van der Waals surface area contributed by atoms with Crippen molar-refractivity contribution < 1.29 is 14.3 Å². The van der Waals surface area contributed by atoms with Gasteiger partial charge in [0.1, 0.15) is 11.5 Å². The van der Waals surface area contributed by atoms with E-state index in [0.717, 1.165) is 23.1 Å². The van der Waals surface area contributed by atoms with Crippen molar-refractivity contribution in [3.8, 4) is 11.5 Å².